The molecule has 19 heavy (non-hydrogen) atoms. The molecule has 0 saturated carbocycles. The molecule has 106 valence electrons. The van der Waals surface area contributed by atoms with E-state index in [9.17, 15) is 0 Å². The second-order valence-corrected chi connectivity index (χ2v) is 5.18. The average molecular weight is 262 g/mol. The van der Waals surface area contributed by atoms with Crippen molar-refractivity contribution in [1.29, 1.82) is 0 Å². The number of anilines is 1. The molecule has 3 heteroatoms. The maximum atomic E-state index is 5.63. The van der Waals surface area contributed by atoms with Crippen LogP contribution in [-0.4, -0.2) is 37.2 Å². The highest BCUT2D eigenvalue weighted by molar-refractivity contribution is 5.45. The second-order valence-electron chi connectivity index (χ2n) is 5.18. The van der Waals surface area contributed by atoms with Crippen LogP contribution in [-0.2, 0) is 11.3 Å². The third-order valence-corrected chi connectivity index (χ3v) is 3.79. The van der Waals surface area contributed by atoms with E-state index in [4.69, 9.17) is 4.74 Å². The molecule has 0 bridgehead atoms. The highest BCUT2D eigenvalue weighted by atomic mass is 16.5. The molecule has 1 fully saturated rings. The Kier molecular flexibility index (Phi) is 5.67. The quantitative estimate of drug-likeness (QED) is 0.817. The molecule has 0 radical (unpaired) electrons. The molecular weight excluding hydrogens is 236 g/mol. The Bertz CT molecular complexity index is 371. The zero-order valence-electron chi connectivity index (χ0n) is 12.2. The Morgan fingerprint density at radius 3 is 2.84 bits per heavy atom. The maximum Gasteiger partial charge on any atom is 0.0748 e. The Labute approximate surface area is 116 Å². The summed E-state index contributed by atoms with van der Waals surface area (Å²) >= 11 is 0. The van der Waals surface area contributed by atoms with Gasteiger partial charge in [0.25, 0.3) is 0 Å². The first-order chi connectivity index (χ1) is 9.31. The van der Waals surface area contributed by atoms with Crippen molar-refractivity contribution in [3.8, 4) is 0 Å². The lowest BCUT2D eigenvalue weighted by Crippen LogP contribution is -2.22. The van der Waals surface area contributed by atoms with Crippen LogP contribution in [0.4, 0.5) is 5.69 Å². The van der Waals surface area contributed by atoms with Crippen LogP contribution in [0, 0.1) is 0 Å². The van der Waals surface area contributed by atoms with Gasteiger partial charge < -0.3 is 10.1 Å². The molecule has 1 aromatic rings. The van der Waals surface area contributed by atoms with Crippen LogP contribution in [0.1, 0.15) is 32.3 Å². The zero-order valence-corrected chi connectivity index (χ0v) is 12.2. The number of hydrogen-bond acceptors (Lipinski definition) is 3. The van der Waals surface area contributed by atoms with E-state index in [1.165, 1.54) is 24.1 Å². The maximum absolute atomic E-state index is 5.63. The minimum Gasteiger partial charge on any atom is -0.382 e. The first-order valence-electron chi connectivity index (χ1n) is 7.48. The number of nitrogens with zero attached hydrogens (tertiary/aromatic N) is 1. The molecule has 1 atom stereocenters. The fraction of sp³-hybridized carbons (Fsp3) is 0.625. The van der Waals surface area contributed by atoms with Crippen LogP contribution >= 0.6 is 0 Å². The second kappa shape index (κ2) is 7.51. The lowest BCUT2D eigenvalue weighted by Gasteiger charge is -2.19. The predicted octanol–water partition coefficient (Wildman–Crippen LogP) is 3.12. The van der Waals surface area contributed by atoms with Gasteiger partial charge in [-0.2, -0.15) is 0 Å². The molecule has 1 aromatic carbocycles. The Morgan fingerprint density at radius 2 is 2.16 bits per heavy atom. The van der Waals surface area contributed by atoms with E-state index in [1.54, 1.807) is 0 Å². The molecular formula is C16H26N2O. The molecule has 0 aliphatic carbocycles. The van der Waals surface area contributed by atoms with Gasteiger partial charge in [0.15, 0.2) is 0 Å². The topological polar surface area (TPSA) is 24.5 Å². The lowest BCUT2D eigenvalue weighted by atomic mass is 10.1. The van der Waals surface area contributed by atoms with Crippen LogP contribution in [0.3, 0.4) is 0 Å². The summed E-state index contributed by atoms with van der Waals surface area (Å²) in [5.41, 5.74) is 2.58. The summed E-state index contributed by atoms with van der Waals surface area (Å²) in [5.74, 6) is 0. The molecule has 0 amide bonds. The van der Waals surface area contributed by atoms with Gasteiger partial charge in [0.05, 0.1) is 6.10 Å². The van der Waals surface area contributed by atoms with Gasteiger partial charge in [0.2, 0.25) is 0 Å². The van der Waals surface area contributed by atoms with Gasteiger partial charge in [-0.3, -0.25) is 4.90 Å². The van der Waals surface area contributed by atoms with Crippen molar-refractivity contribution in [2.24, 2.45) is 0 Å². The molecule has 1 heterocycles. The number of ether oxygens (including phenoxy) is 1. The third kappa shape index (κ3) is 4.51. The van der Waals surface area contributed by atoms with E-state index in [-0.39, 0.29) is 0 Å². The van der Waals surface area contributed by atoms with Gasteiger partial charge in [-0.15, -0.1) is 0 Å². The summed E-state index contributed by atoms with van der Waals surface area (Å²) in [6, 6.07) is 8.74. The molecule has 0 spiro atoms. The van der Waals surface area contributed by atoms with Gasteiger partial charge in [-0.25, -0.2) is 0 Å². The van der Waals surface area contributed by atoms with Crippen molar-refractivity contribution in [1.82, 2.24) is 4.90 Å². The van der Waals surface area contributed by atoms with Crippen molar-refractivity contribution in [3.05, 3.63) is 29.8 Å². The summed E-state index contributed by atoms with van der Waals surface area (Å²) in [4.78, 5) is 2.43. The van der Waals surface area contributed by atoms with Crippen molar-refractivity contribution < 1.29 is 4.74 Å². The van der Waals surface area contributed by atoms with Crippen LogP contribution in [0.2, 0.25) is 0 Å². The van der Waals surface area contributed by atoms with Gasteiger partial charge in [-0.1, -0.05) is 26.0 Å². The third-order valence-electron chi connectivity index (χ3n) is 3.79. The SMILES string of the molecule is CCN(CC)Cc1cccc(NCC2CCCO2)c1. The monoisotopic (exact) mass is 262 g/mol. The summed E-state index contributed by atoms with van der Waals surface area (Å²) in [5, 5.41) is 3.49. The van der Waals surface area contributed by atoms with E-state index in [1.807, 2.05) is 0 Å². The highest BCUT2D eigenvalue weighted by Gasteiger charge is 2.14. The van der Waals surface area contributed by atoms with Gasteiger partial charge in [-0.05, 0) is 43.6 Å². The molecule has 1 N–H and O–H groups in total. The summed E-state index contributed by atoms with van der Waals surface area (Å²) in [6.45, 7) is 9.51. The van der Waals surface area contributed by atoms with Crippen molar-refractivity contribution in [2.45, 2.75) is 39.3 Å². The van der Waals surface area contributed by atoms with E-state index < -0.39 is 0 Å². The smallest absolute Gasteiger partial charge is 0.0748 e. The highest BCUT2D eigenvalue weighted by Crippen LogP contribution is 2.16. The van der Waals surface area contributed by atoms with E-state index in [0.29, 0.717) is 6.10 Å². The number of hydrogen-bond donors (Lipinski definition) is 1. The van der Waals surface area contributed by atoms with E-state index >= 15 is 0 Å². The van der Waals surface area contributed by atoms with E-state index in [2.05, 4.69) is 48.3 Å². The molecule has 1 unspecified atom stereocenters. The molecule has 1 saturated heterocycles. The van der Waals surface area contributed by atoms with Crippen LogP contribution in [0.25, 0.3) is 0 Å². The van der Waals surface area contributed by atoms with E-state index in [0.717, 1.165) is 32.8 Å². The summed E-state index contributed by atoms with van der Waals surface area (Å²) in [7, 11) is 0. The number of benzene rings is 1. The molecule has 2 rings (SSSR count). The fourth-order valence-electron chi connectivity index (χ4n) is 2.52. The molecule has 0 aromatic heterocycles. The minimum atomic E-state index is 0.395. The molecule has 1 aliphatic rings. The first-order valence-corrected chi connectivity index (χ1v) is 7.48. The van der Waals surface area contributed by atoms with Crippen molar-refractivity contribution in [2.75, 3.05) is 31.6 Å². The lowest BCUT2D eigenvalue weighted by molar-refractivity contribution is 0.120. The van der Waals surface area contributed by atoms with Crippen molar-refractivity contribution >= 4 is 5.69 Å². The fourth-order valence-corrected chi connectivity index (χ4v) is 2.52. The van der Waals surface area contributed by atoms with Gasteiger partial charge in [0, 0.05) is 25.4 Å². The standard InChI is InChI=1S/C16H26N2O/c1-3-18(4-2)13-14-7-5-8-15(11-14)17-12-16-9-6-10-19-16/h5,7-8,11,16-17H,3-4,6,9-10,12-13H2,1-2H3. The molecule has 1 aliphatic heterocycles. The summed E-state index contributed by atoms with van der Waals surface area (Å²) in [6.07, 6.45) is 2.78. The van der Waals surface area contributed by atoms with Crippen molar-refractivity contribution in [3.63, 3.8) is 0 Å². The number of rotatable bonds is 7. The zero-order chi connectivity index (χ0) is 13.5. The first kappa shape index (κ1) is 14.4. The molecule has 3 nitrogen and oxygen atoms in total. The Balaban J connectivity index is 1.86. The largest absolute Gasteiger partial charge is 0.382 e. The normalized spacial score (nSPS) is 19.0. The average Bonchev–Trinajstić information content (AvgIpc) is 2.96. The number of nitrogens with one attached hydrogen (secondary N) is 1. The minimum absolute atomic E-state index is 0.395. The van der Waals surface area contributed by atoms with Crippen LogP contribution in [0.15, 0.2) is 24.3 Å². The summed E-state index contributed by atoms with van der Waals surface area (Å²) < 4.78 is 5.63. The predicted molar refractivity (Wildman–Crippen MR) is 80.5 cm³/mol. The van der Waals surface area contributed by atoms with Gasteiger partial charge in [0.1, 0.15) is 0 Å². The Hall–Kier alpha value is -1.06. The van der Waals surface area contributed by atoms with Gasteiger partial charge >= 0.3 is 0 Å². The van der Waals surface area contributed by atoms with Crippen LogP contribution < -0.4 is 5.32 Å². The van der Waals surface area contributed by atoms with Crippen LogP contribution in [0.5, 0.6) is 0 Å². The Morgan fingerprint density at radius 1 is 1.32 bits per heavy atom.